The minimum Gasteiger partial charge on any atom is -0.368 e. The second-order valence-electron chi connectivity index (χ2n) is 6.64. The molecule has 3 N–H and O–H groups in total. The van der Waals surface area contributed by atoms with Crippen molar-refractivity contribution in [3.63, 3.8) is 0 Å². The van der Waals surface area contributed by atoms with Gasteiger partial charge in [-0.2, -0.15) is 0 Å². The maximum Gasteiger partial charge on any atom is 0.240 e. The van der Waals surface area contributed by atoms with Crippen molar-refractivity contribution < 1.29 is 9.59 Å². The first kappa shape index (κ1) is 16.0. The number of rotatable bonds is 4. The molecule has 0 radical (unpaired) electrons. The summed E-state index contributed by atoms with van der Waals surface area (Å²) in [5.74, 6) is 0.265. The molecule has 1 saturated heterocycles. The predicted octanol–water partition coefficient (Wildman–Crippen LogP) is 1.20. The molecule has 1 aromatic carbocycles. The van der Waals surface area contributed by atoms with Crippen molar-refractivity contribution >= 4 is 11.8 Å². The van der Waals surface area contributed by atoms with Gasteiger partial charge in [-0.1, -0.05) is 24.3 Å². The number of fused-ring (bicyclic) bond motifs is 1. The molecule has 3 rings (SSSR count). The minimum absolute atomic E-state index is 0.0573. The minimum atomic E-state index is -0.509. The Kier molecular flexibility index (Phi) is 4.96. The largest absolute Gasteiger partial charge is 0.368 e. The van der Waals surface area contributed by atoms with Gasteiger partial charge in [0.05, 0.1) is 0 Å². The Morgan fingerprint density at radius 2 is 1.87 bits per heavy atom. The normalized spacial score (nSPS) is 21.7. The number of carbonyl (C=O) groups excluding carboxylic acids is 2. The van der Waals surface area contributed by atoms with E-state index < -0.39 is 11.9 Å². The van der Waals surface area contributed by atoms with Crippen LogP contribution in [0.15, 0.2) is 24.3 Å². The number of hydrogen-bond acceptors (Lipinski definition) is 3. The van der Waals surface area contributed by atoms with E-state index in [1.807, 2.05) is 24.3 Å². The SMILES string of the molecule is NC(=O)C1Cc2ccccc2CN1C(=O)CCC1CCNCC1. The van der Waals surface area contributed by atoms with Crippen LogP contribution >= 0.6 is 0 Å². The lowest BCUT2D eigenvalue weighted by atomic mass is 9.91. The lowest BCUT2D eigenvalue weighted by Gasteiger charge is -2.35. The summed E-state index contributed by atoms with van der Waals surface area (Å²) in [5.41, 5.74) is 7.80. The number of amides is 2. The Hall–Kier alpha value is -1.88. The van der Waals surface area contributed by atoms with Crippen molar-refractivity contribution in [2.75, 3.05) is 13.1 Å². The standard InChI is InChI=1S/C18H25N3O2/c19-18(23)16-11-14-3-1-2-4-15(14)12-21(16)17(22)6-5-13-7-9-20-10-8-13/h1-4,13,16,20H,5-12H2,(H2,19,23). The second-order valence-corrected chi connectivity index (χ2v) is 6.64. The molecule has 0 aliphatic carbocycles. The van der Waals surface area contributed by atoms with Gasteiger partial charge in [-0.15, -0.1) is 0 Å². The van der Waals surface area contributed by atoms with Gasteiger partial charge in [0.25, 0.3) is 0 Å². The molecule has 0 bridgehead atoms. The molecule has 2 amide bonds. The molecule has 1 fully saturated rings. The molecule has 5 nitrogen and oxygen atoms in total. The highest BCUT2D eigenvalue weighted by atomic mass is 16.2. The molecule has 1 aromatic rings. The summed E-state index contributed by atoms with van der Waals surface area (Å²) in [4.78, 5) is 26.2. The molecule has 0 saturated carbocycles. The van der Waals surface area contributed by atoms with Gasteiger partial charge in [0, 0.05) is 19.4 Å². The molecule has 0 aromatic heterocycles. The molecule has 1 unspecified atom stereocenters. The molecule has 23 heavy (non-hydrogen) atoms. The van der Waals surface area contributed by atoms with Crippen LogP contribution in [-0.2, 0) is 22.6 Å². The summed E-state index contributed by atoms with van der Waals surface area (Å²) >= 11 is 0. The van der Waals surface area contributed by atoms with Crippen molar-refractivity contribution in [1.82, 2.24) is 10.2 Å². The van der Waals surface area contributed by atoms with Crippen LogP contribution in [0.3, 0.4) is 0 Å². The molecule has 2 heterocycles. The van der Waals surface area contributed by atoms with Crippen molar-refractivity contribution in [3.05, 3.63) is 35.4 Å². The summed E-state index contributed by atoms with van der Waals surface area (Å²) in [5, 5.41) is 3.34. The summed E-state index contributed by atoms with van der Waals surface area (Å²) in [6, 6.07) is 7.47. The van der Waals surface area contributed by atoms with E-state index in [2.05, 4.69) is 5.32 Å². The van der Waals surface area contributed by atoms with Crippen LogP contribution in [0.5, 0.6) is 0 Å². The number of nitrogens with two attached hydrogens (primary N) is 1. The fourth-order valence-electron chi connectivity index (χ4n) is 3.68. The number of benzene rings is 1. The molecule has 0 spiro atoms. The third-order valence-electron chi connectivity index (χ3n) is 5.12. The van der Waals surface area contributed by atoms with Gasteiger partial charge >= 0.3 is 0 Å². The van der Waals surface area contributed by atoms with Gasteiger partial charge in [0.2, 0.25) is 11.8 Å². The highest BCUT2D eigenvalue weighted by Crippen LogP contribution is 2.25. The van der Waals surface area contributed by atoms with Crippen LogP contribution < -0.4 is 11.1 Å². The van der Waals surface area contributed by atoms with E-state index in [4.69, 9.17) is 5.73 Å². The number of nitrogens with zero attached hydrogens (tertiary/aromatic N) is 1. The van der Waals surface area contributed by atoms with E-state index in [-0.39, 0.29) is 5.91 Å². The predicted molar refractivity (Wildman–Crippen MR) is 88.5 cm³/mol. The smallest absolute Gasteiger partial charge is 0.240 e. The van der Waals surface area contributed by atoms with Crippen LogP contribution in [0.1, 0.15) is 36.8 Å². The molecular weight excluding hydrogens is 290 g/mol. The van der Waals surface area contributed by atoms with E-state index in [1.54, 1.807) is 4.90 Å². The number of hydrogen-bond donors (Lipinski definition) is 2. The van der Waals surface area contributed by atoms with Crippen LogP contribution in [0.2, 0.25) is 0 Å². The van der Waals surface area contributed by atoms with E-state index >= 15 is 0 Å². The quantitative estimate of drug-likeness (QED) is 0.877. The van der Waals surface area contributed by atoms with Crippen molar-refractivity contribution in [1.29, 1.82) is 0 Å². The Morgan fingerprint density at radius 3 is 2.57 bits per heavy atom. The van der Waals surface area contributed by atoms with E-state index in [0.717, 1.165) is 43.5 Å². The maximum atomic E-state index is 12.7. The van der Waals surface area contributed by atoms with E-state index in [1.165, 1.54) is 0 Å². The number of piperidine rings is 1. The summed E-state index contributed by atoms with van der Waals surface area (Å²) in [6.07, 6.45) is 4.22. The Balaban J connectivity index is 1.66. The lowest BCUT2D eigenvalue weighted by Crippen LogP contribution is -2.51. The fraction of sp³-hybridized carbons (Fsp3) is 0.556. The average Bonchev–Trinajstić information content (AvgIpc) is 2.59. The van der Waals surface area contributed by atoms with Crippen molar-refractivity contribution in [3.8, 4) is 0 Å². The first-order valence-corrected chi connectivity index (χ1v) is 8.51. The van der Waals surface area contributed by atoms with E-state index in [0.29, 0.717) is 25.3 Å². The number of carbonyl (C=O) groups is 2. The van der Waals surface area contributed by atoms with Crippen LogP contribution in [0.25, 0.3) is 0 Å². The highest BCUT2D eigenvalue weighted by Gasteiger charge is 2.33. The molecule has 1 atom stereocenters. The monoisotopic (exact) mass is 315 g/mol. The fourth-order valence-corrected chi connectivity index (χ4v) is 3.68. The summed E-state index contributed by atoms with van der Waals surface area (Å²) in [6.45, 7) is 2.58. The van der Waals surface area contributed by atoms with Gasteiger partial charge in [-0.25, -0.2) is 0 Å². The van der Waals surface area contributed by atoms with E-state index in [9.17, 15) is 9.59 Å². The van der Waals surface area contributed by atoms with Crippen LogP contribution in [-0.4, -0.2) is 35.8 Å². The molecule has 5 heteroatoms. The Morgan fingerprint density at radius 1 is 1.17 bits per heavy atom. The number of primary amides is 1. The van der Waals surface area contributed by atoms with Gasteiger partial charge in [0.1, 0.15) is 6.04 Å². The van der Waals surface area contributed by atoms with Crippen LogP contribution in [0.4, 0.5) is 0 Å². The topological polar surface area (TPSA) is 75.4 Å². The van der Waals surface area contributed by atoms with Gasteiger partial charge in [-0.3, -0.25) is 9.59 Å². The molecule has 124 valence electrons. The third-order valence-corrected chi connectivity index (χ3v) is 5.12. The first-order valence-electron chi connectivity index (χ1n) is 8.51. The zero-order chi connectivity index (χ0) is 16.2. The average molecular weight is 315 g/mol. The third kappa shape index (κ3) is 3.72. The lowest BCUT2D eigenvalue weighted by molar-refractivity contribution is -0.140. The van der Waals surface area contributed by atoms with Gasteiger partial charge in [0.15, 0.2) is 0 Å². The summed E-state index contributed by atoms with van der Waals surface area (Å²) in [7, 11) is 0. The summed E-state index contributed by atoms with van der Waals surface area (Å²) < 4.78 is 0. The Bertz CT molecular complexity index is 581. The first-order chi connectivity index (χ1) is 11.1. The zero-order valence-electron chi connectivity index (χ0n) is 13.5. The van der Waals surface area contributed by atoms with Crippen LogP contribution in [0, 0.1) is 5.92 Å². The molecule has 2 aliphatic rings. The number of nitrogens with one attached hydrogen (secondary N) is 1. The van der Waals surface area contributed by atoms with Crippen molar-refractivity contribution in [2.45, 2.75) is 44.7 Å². The second kappa shape index (κ2) is 7.13. The Labute approximate surface area is 137 Å². The molecular formula is C18H25N3O2. The van der Waals surface area contributed by atoms with Gasteiger partial charge < -0.3 is 16.0 Å². The highest BCUT2D eigenvalue weighted by molar-refractivity contribution is 5.87. The van der Waals surface area contributed by atoms with Crippen molar-refractivity contribution in [2.24, 2.45) is 11.7 Å². The zero-order valence-corrected chi connectivity index (χ0v) is 13.5. The maximum absolute atomic E-state index is 12.7. The molecule has 2 aliphatic heterocycles. The van der Waals surface area contributed by atoms with Gasteiger partial charge in [-0.05, 0) is 49.4 Å².